The quantitative estimate of drug-likeness (QED) is 0.764. The van der Waals surface area contributed by atoms with Crippen LogP contribution in [-0.4, -0.2) is 10.9 Å². The van der Waals surface area contributed by atoms with E-state index in [2.05, 4.69) is 21.7 Å². The van der Waals surface area contributed by atoms with E-state index in [4.69, 9.17) is 5.26 Å². The molecule has 0 saturated carbocycles. The molecule has 3 aromatic rings. The smallest absolute Gasteiger partial charge is 0.257 e. The van der Waals surface area contributed by atoms with Crippen LogP contribution in [-0.2, 0) is 0 Å². The van der Waals surface area contributed by atoms with Crippen molar-refractivity contribution in [2.45, 2.75) is 0 Å². The van der Waals surface area contributed by atoms with Crippen molar-refractivity contribution in [2.24, 2.45) is 0 Å². The average molecular weight is 314 g/mol. The zero-order valence-electron chi connectivity index (χ0n) is 12.7. The number of nitriles is 1. The second-order valence-corrected chi connectivity index (χ2v) is 5.10. The summed E-state index contributed by atoms with van der Waals surface area (Å²) in [6, 6.07) is 20.1. The highest BCUT2D eigenvalue weighted by Gasteiger charge is 2.07. The summed E-state index contributed by atoms with van der Waals surface area (Å²) in [5.41, 5.74) is 3.29. The van der Waals surface area contributed by atoms with Crippen LogP contribution in [0.3, 0.4) is 0 Å². The molecule has 1 heterocycles. The number of benzene rings is 2. The summed E-state index contributed by atoms with van der Waals surface area (Å²) in [4.78, 5) is 16.4. The molecule has 24 heavy (non-hydrogen) atoms. The Morgan fingerprint density at radius 2 is 1.67 bits per heavy atom. The highest BCUT2D eigenvalue weighted by atomic mass is 16.1. The zero-order valence-corrected chi connectivity index (χ0v) is 12.7. The Hall–Kier alpha value is -3.65. The van der Waals surface area contributed by atoms with Gasteiger partial charge < -0.3 is 10.6 Å². The van der Waals surface area contributed by atoms with E-state index in [1.807, 2.05) is 30.3 Å². The molecule has 0 saturated heterocycles. The van der Waals surface area contributed by atoms with E-state index in [1.54, 1.807) is 36.5 Å². The van der Waals surface area contributed by atoms with Gasteiger partial charge in [0.1, 0.15) is 0 Å². The standard InChI is InChI=1S/C19H14N4O/c20-11-14-6-8-17(9-7-14)22-18-10-15(12-21-13-18)19(24)23-16-4-2-1-3-5-16/h1-10,12-13,22H,(H,23,24). The maximum absolute atomic E-state index is 12.3. The first-order valence-corrected chi connectivity index (χ1v) is 7.33. The van der Waals surface area contributed by atoms with Crippen LogP contribution >= 0.6 is 0 Å². The molecular formula is C19H14N4O. The van der Waals surface area contributed by atoms with Crippen molar-refractivity contribution in [2.75, 3.05) is 10.6 Å². The molecule has 0 fully saturated rings. The predicted octanol–water partition coefficient (Wildman–Crippen LogP) is 3.95. The average Bonchev–Trinajstić information content (AvgIpc) is 2.63. The second-order valence-electron chi connectivity index (χ2n) is 5.10. The summed E-state index contributed by atoms with van der Waals surface area (Å²) in [5, 5.41) is 14.8. The highest BCUT2D eigenvalue weighted by molar-refractivity contribution is 6.04. The van der Waals surface area contributed by atoms with Crippen LogP contribution in [0.4, 0.5) is 17.1 Å². The number of hydrogen-bond donors (Lipinski definition) is 2. The van der Waals surface area contributed by atoms with Crippen molar-refractivity contribution in [1.82, 2.24) is 4.98 Å². The van der Waals surface area contributed by atoms with E-state index < -0.39 is 0 Å². The summed E-state index contributed by atoms with van der Waals surface area (Å²) >= 11 is 0. The second kappa shape index (κ2) is 7.07. The van der Waals surface area contributed by atoms with Gasteiger partial charge in [-0.3, -0.25) is 9.78 Å². The molecule has 5 nitrogen and oxygen atoms in total. The Morgan fingerprint density at radius 1 is 0.917 bits per heavy atom. The number of amides is 1. The van der Waals surface area contributed by atoms with Crippen LogP contribution in [0, 0.1) is 11.3 Å². The number of carbonyl (C=O) groups excluding carboxylic acids is 1. The number of nitrogens with one attached hydrogen (secondary N) is 2. The number of nitrogens with zero attached hydrogens (tertiary/aromatic N) is 2. The van der Waals surface area contributed by atoms with Gasteiger partial charge >= 0.3 is 0 Å². The van der Waals surface area contributed by atoms with E-state index in [9.17, 15) is 4.79 Å². The number of anilines is 3. The third-order valence-corrected chi connectivity index (χ3v) is 3.33. The van der Waals surface area contributed by atoms with Gasteiger partial charge in [-0.2, -0.15) is 5.26 Å². The maximum atomic E-state index is 12.3. The minimum atomic E-state index is -0.225. The van der Waals surface area contributed by atoms with Crippen molar-refractivity contribution in [3.8, 4) is 6.07 Å². The summed E-state index contributed by atoms with van der Waals surface area (Å²) in [7, 11) is 0. The van der Waals surface area contributed by atoms with Crippen LogP contribution in [0.5, 0.6) is 0 Å². The molecule has 2 aromatic carbocycles. The SMILES string of the molecule is N#Cc1ccc(Nc2cncc(C(=O)Nc3ccccc3)c2)cc1. The van der Waals surface area contributed by atoms with E-state index >= 15 is 0 Å². The molecule has 2 N–H and O–H groups in total. The molecule has 3 rings (SSSR count). The number of aromatic nitrogens is 1. The van der Waals surface area contributed by atoms with Gasteiger partial charge in [0.05, 0.1) is 29.1 Å². The molecule has 1 amide bonds. The van der Waals surface area contributed by atoms with Crippen molar-refractivity contribution in [3.05, 3.63) is 84.2 Å². The van der Waals surface area contributed by atoms with Crippen molar-refractivity contribution in [3.63, 3.8) is 0 Å². The molecule has 0 aliphatic rings. The molecule has 0 bridgehead atoms. The van der Waals surface area contributed by atoms with Crippen molar-refractivity contribution >= 4 is 23.0 Å². The molecule has 116 valence electrons. The Labute approximate surface area is 139 Å². The van der Waals surface area contributed by atoms with E-state index in [1.165, 1.54) is 6.20 Å². The van der Waals surface area contributed by atoms with Crippen molar-refractivity contribution < 1.29 is 4.79 Å². The predicted molar refractivity (Wildman–Crippen MR) is 93.1 cm³/mol. The first-order chi connectivity index (χ1) is 11.7. The normalized spacial score (nSPS) is 9.79. The molecule has 5 heteroatoms. The topological polar surface area (TPSA) is 77.8 Å². The number of carbonyl (C=O) groups is 1. The largest absolute Gasteiger partial charge is 0.354 e. The van der Waals surface area contributed by atoms with Gasteiger partial charge in [-0.05, 0) is 42.5 Å². The molecule has 0 atom stereocenters. The molecular weight excluding hydrogens is 300 g/mol. The van der Waals surface area contributed by atoms with E-state index in [0.717, 1.165) is 11.4 Å². The Balaban J connectivity index is 1.73. The number of pyridine rings is 1. The zero-order chi connectivity index (χ0) is 16.8. The van der Waals surface area contributed by atoms with Crippen LogP contribution in [0.15, 0.2) is 73.1 Å². The van der Waals surface area contributed by atoms with E-state index in [0.29, 0.717) is 16.8 Å². The van der Waals surface area contributed by atoms with Crippen LogP contribution in [0.25, 0.3) is 0 Å². The number of rotatable bonds is 4. The molecule has 0 unspecified atom stereocenters. The molecule has 0 radical (unpaired) electrons. The first kappa shape index (κ1) is 15.3. The lowest BCUT2D eigenvalue weighted by molar-refractivity contribution is 0.102. The lowest BCUT2D eigenvalue weighted by Gasteiger charge is -2.08. The lowest BCUT2D eigenvalue weighted by atomic mass is 10.2. The fourth-order valence-corrected chi connectivity index (χ4v) is 2.15. The molecule has 0 aliphatic carbocycles. The van der Waals surface area contributed by atoms with Gasteiger partial charge in [-0.15, -0.1) is 0 Å². The van der Waals surface area contributed by atoms with Gasteiger partial charge in [0.15, 0.2) is 0 Å². The minimum Gasteiger partial charge on any atom is -0.354 e. The maximum Gasteiger partial charge on any atom is 0.257 e. The van der Waals surface area contributed by atoms with E-state index in [-0.39, 0.29) is 5.91 Å². The fourth-order valence-electron chi connectivity index (χ4n) is 2.15. The Bertz CT molecular complexity index is 883. The van der Waals surface area contributed by atoms with Gasteiger partial charge in [0.25, 0.3) is 5.91 Å². The first-order valence-electron chi connectivity index (χ1n) is 7.33. The summed E-state index contributed by atoms with van der Waals surface area (Å²) in [5.74, 6) is -0.225. The summed E-state index contributed by atoms with van der Waals surface area (Å²) in [6.45, 7) is 0. The Morgan fingerprint density at radius 3 is 2.38 bits per heavy atom. The number of para-hydroxylation sites is 1. The van der Waals surface area contributed by atoms with Crippen LogP contribution in [0.2, 0.25) is 0 Å². The highest BCUT2D eigenvalue weighted by Crippen LogP contribution is 2.18. The Kier molecular flexibility index (Phi) is 4.50. The van der Waals surface area contributed by atoms with Gasteiger partial charge in [0.2, 0.25) is 0 Å². The molecule has 0 spiro atoms. The molecule has 0 aliphatic heterocycles. The van der Waals surface area contributed by atoms with Gasteiger partial charge in [0, 0.05) is 17.6 Å². The van der Waals surface area contributed by atoms with Crippen molar-refractivity contribution in [1.29, 1.82) is 5.26 Å². The third kappa shape index (κ3) is 3.76. The van der Waals surface area contributed by atoms with Crippen LogP contribution in [0.1, 0.15) is 15.9 Å². The third-order valence-electron chi connectivity index (χ3n) is 3.33. The number of hydrogen-bond acceptors (Lipinski definition) is 4. The lowest BCUT2D eigenvalue weighted by Crippen LogP contribution is -2.12. The minimum absolute atomic E-state index is 0.225. The summed E-state index contributed by atoms with van der Waals surface area (Å²) in [6.07, 6.45) is 3.15. The van der Waals surface area contributed by atoms with Crippen LogP contribution < -0.4 is 10.6 Å². The molecule has 1 aromatic heterocycles. The monoisotopic (exact) mass is 314 g/mol. The fraction of sp³-hybridized carbons (Fsp3) is 0. The van der Waals surface area contributed by atoms with Gasteiger partial charge in [-0.25, -0.2) is 0 Å². The van der Waals surface area contributed by atoms with Gasteiger partial charge in [-0.1, -0.05) is 18.2 Å². The summed E-state index contributed by atoms with van der Waals surface area (Å²) < 4.78 is 0.